The minimum absolute atomic E-state index is 0.00438. The molecule has 4 aliphatic rings. The molecule has 216 valence electrons. The monoisotopic (exact) mass is 574 g/mol. The number of aromatic nitrogens is 3. The fraction of sp³-hybridized carbons (Fsp3) is 0.600. The molecule has 2 aliphatic carbocycles. The Hall–Kier alpha value is -3.20. The summed E-state index contributed by atoms with van der Waals surface area (Å²) in [4.78, 5) is 15.9. The summed E-state index contributed by atoms with van der Waals surface area (Å²) in [6, 6.07) is 4.75. The first-order chi connectivity index (χ1) is 20.0. The maximum Gasteiger partial charge on any atom is 0.219 e. The number of rotatable bonds is 5. The molecule has 0 amide bonds. The van der Waals surface area contributed by atoms with Gasteiger partial charge in [-0.2, -0.15) is 10.2 Å². The Morgan fingerprint density at radius 3 is 2.76 bits per heavy atom. The summed E-state index contributed by atoms with van der Waals surface area (Å²) in [5.41, 5.74) is 9.42. The molecule has 0 bridgehead atoms. The Balaban J connectivity index is 1.30. The molecule has 3 aromatic rings. The van der Waals surface area contributed by atoms with Gasteiger partial charge in [0.25, 0.3) is 0 Å². The van der Waals surface area contributed by atoms with E-state index in [2.05, 4.69) is 40.3 Å². The first-order valence-electron chi connectivity index (χ1n) is 15.0. The molecule has 0 unspecified atom stereocenters. The van der Waals surface area contributed by atoms with Crippen LogP contribution in [-0.4, -0.2) is 71.9 Å². The molecule has 11 heteroatoms. The smallest absolute Gasteiger partial charge is 0.219 e. The Bertz CT molecular complexity index is 1480. The number of likely N-dealkylation sites (tertiary alicyclic amines) is 1. The minimum atomic E-state index is -0.372. The van der Waals surface area contributed by atoms with E-state index in [9.17, 15) is 5.26 Å². The summed E-state index contributed by atoms with van der Waals surface area (Å²) in [5.74, 6) is 2.86. The highest BCUT2D eigenvalue weighted by Gasteiger charge is 2.49. The molecule has 3 atom stereocenters. The predicted molar refractivity (Wildman–Crippen MR) is 158 cm³/mol. The van der Waals surface area contributed by atoms with Gasteiger partial charge in [-0.1, -0.05) is 5.16 Å². The molecule has 0 aromatic carbocycles. The number of ether oxygens (including phenoxy) is 1. The molecular formula is C30H38N8O2S. The summed E-state index contributed by atoms with van der Waals surface area (Å²) in [6.07, 6.45) is 7.98. The molecule has 2 saturated heterocycles. The number of aryl methyl sites for hydroxylation is 1. The highest BCUT2D eigenvalue weighted by Crippen LogP contribution is 2.55. The van der Waals surface area contributed by atoms with Crippen LogP contribution >= 0.6 is 11.3 Å². The third-order valence-electron chi connectivity index (χ3n) is 9.63. The second kappa shape index (κ2) is 10.6. The van der Waals surface area contributed by atoms with Gasteiger partial charge in [0.1, 0.15) is 23.0 Å². The number of piperazine rings is 1. The lowest BCUT2D eigenvalue weighted by Gasteiger charge is -2.39. The second-order valence-corrected chi connectivity index (χ2v) is 13.2. The zero-order chi connectivity index (χ0) is 28.1. The van der Waals surface area contributed by atoms with Gasteiger partial charge in [-0.15, -0.1) is 11.3 Å². The summed E-state index contributed by atoms with van der Waals surface area (Å²) in [5, 5.41) is 18.7. The summed E-state index contributed by atoms with van der Waals surface area (Å²) in [7, 11) is 2.17. The number of nitrogens with zero attached hydrogens (tertiary/aromatic N) is 6. The number of thiophene rings is 1. The number of nitrogens with one attached hydrogen (secondary N) is 1. The zero-order valence-electron chi connectivity index (χ0n) is 23.9. The molecule has 0 saturated carbocycles. The lowest BCUT2D eigenvalue weighted by atomic mass is 9.63. The lowest BCUT2D eigenvalue weighted by Crippen LogP contribution is -2.44. The molecule has 10 nitrogen and oxygen atoms in total. The third kappa shape index (κ3) is 4.47. The van der Waals surface area contributed by atoms with Crippen LogP contribution < -0.4 is 20.7 Å². The fourth-order valence-corrected chi connectivity index (χ4v) is 8.81. The molecule has 7 rings (SSSR count). The second-order valence-electron chi connectivity index (χ2n) is 12.0. The van der Waals surface area contributed by atoms with Crippen molar-refractivity contribution < 1.29 is 9.26 Å². The van der Waals surface area contributed by atoms with Crippen LogP contribution in [0.1, 0.15) is 72.8 Å². The number of anilines is 2. The maximum absolute atomic E-state index is 10.0. The molecule has 2 aliphatic heterocycles. The first-order valence-corrected chi connectivity index (χ1v) is 15.8. The average molecular weight is 575 g/mol. The summed E-state index contributed by atoms with van der Waals surface area (Å²) >= 11 is 1.56. The number of nitrogen functional groups attached to an aromatic ring is 1. The zero-order valence-corrected chi connectivity index (χ0v) is 24.7. The van der Waals surface area contributed by atoms with E-state index < -0.39 is 0 Å². The van der Waals surface area contributed by atoms with E-state index >= 15 is 0 Å². The van der Waals surface area contributed by atoms with Crippen molar-refractivity contribution in [3.8, 4) is 23.5 Å². The van der Waals surface area contributed by atoms with Crippen molar-refractivity contribution in [2.75, 3.05) is 50.4 Å². The normalized spacial score (nSPS) is 25.1. The quantitative estimate of drug-likeness (QED) is 0.463. The SMILES string of the molecule is C[C@H](Oc1cc(N2CCNCC2)nc(-c2noc3c2CCC[C@@]32CCCc3sc(N)c(C#N)c32)n1)[C@@H]1CCCN1C. The molecule has 5 heterocycles. The van der Waals surface area contributed by atoms with Crippen LogP contribution in [0.2, 0.25) is 0 Å². The Labute approximate surface area is 244 Å². The Kier molecular flexibility index (Phi) is 6.88. The van der Waals surface area contributed by atoms with Crippen molar-refractivity contribution in [3.63, 3.8) is 0 Å². The highest BCUT2D eigenvalue weighted by molar-refractivity contribution is 7.16. The van der Waals surface area contributed by atoms with Crippen LogP contribution in [-0.2, 0) is 18.3 Å². The molecule has 2 fully saturated rings. The number of hydrogen-bond acceptors (Lipinski definition) is 11. The number of fused-ring (bicyclic) bond motifs is 4. The van der Waals surface area contributed by atoms with Crippen LogP contribution in [0, 0.1) is 11.3 Å². The number of hydrogen-bond donors (Lipinski definition) is 2. The van der Waals surface area contributed by atoms with Crippen LogP contribution in [0.3, 0.4) is 0 Å². The number of nitrogens with two attached hydrogens (primary N) is 1. The van der Waals surface area contributed by atoms with Gasteiger partial charge in [-0.25, -0.2) is 4.98 Å². The number of nitriles is 1. The Morgan fingerprint density at radius 2 is 2.00 bits per heavy atom. The standard InChI is InChI=1S/C30H38N8O2S/c1-18(21-7-5-13-37(21)2)39-24-16-23(38-14-11-33-12-15-38)34-29(35-24)26-19-6-3-9-30(27(19)40-36-26)10-4-8-22-25(30)20(17-31)28(32)41-22/h16,18,21,33H,3-15,32H2,1-2H3/t18-,21-,30-/m0/s1. The van der Waals surface area contributed by atoms with Crippen LogP contribution in [0.5, 0.6) is 5.88 Å². The van der Waals surface area contributed by atoms with E-state index in [0.29, 0.717) is 34.0 Å². The van der Waals surface area contributed by atoms with Crippen molar-refractivity contribution in [1.29, 1.82) is 5.26 Å². The van der Waals surface area contributed by atoms with Crippen molar-refractivity contribution in [2.24, 2.45) is 0 Å². The van der Waals surface area contributed by atoms with E-state index in [1.54, 1.807) is 11.3 Å². The maximum atomic E-state index is 10.0. The average Bonchev–Trinajstić information content (AvgIpc) is 3.70. The van der Waals surface area contributed by atoms with E-state index in [1.165, 1.54) is 11.3 Å². The summed E-state index contributed by atoms with van der Waals surface area (Å²) < 4.78 is 12.8. The van der Waals surface area contributed by atoms with Gasteiger partial charge >= 0.3 is 0 Å². The van der Waals surface area contributed by atoms with Crippen molar-refractivity contribution in [3.05, 3.63) is 33.4 Å². The topological polar surface area (TPSA) is 129 Å². The van der Waals surface area contributed by atoms with E-state index in [4.69, 9.17) is 25.0 Å². The Morgan fingerprint density at radius 1 is 1.20 bits per heavy atom. The van der Waals surface area contributed by atoms with Gasteiger partial charge < -0.3 is 25.2 Å². The molecule has 1 spiro atoms. The van der Waals surface area contributed by atoms with Crippen LogP contribution in [0.15, 0.2) is 10.6 Å². The van der Waals surface area contributed by atoms with Crippen LogP contribution in [0.25, 0.3) is 11.5 Å². The number of likely N-dealkylation sites (N-methyl/N-ethyl adjacent to an activating group) is 1. The van der Waals surface area contributed by atoms with Gasteiger partial charge in [0.2, 0.25) is 5.88 Å². The van der Waals surface area contributed by atoms with Gasteiger partial charge in [-0.05, 0) is 77.4 Å². The van der Waals surface area contributed by atoms with E-state index in [-0.39, 0.29) is 11.5 Å². The van der Waals surface area contributed by atoms with Crippen LogP contribution in [0.4, 0.5) is 10.8 Å². The predicted octanol–water partition coefficient (Wildman–Crippen LogP) is 3.88. The molecule has 3 N–H and O–H groups in total. The first kappa shape index (κ1) is 26.7. The molecule has 3 aromatic heterocycles. The van der Waals surface area contributed by atoms with Crippen molar-refractivity contribution in [2.45, 2.75) is 75.9 Å². The van der Waals surface area contributed by atoms with E-state index in [1.807, 2.05) is 6.07 Å². The summed E-state index contributed by atoms with van der Waals surface area (Å²) in [6.45, 7) is 6.80. The third-order valence-corrected chi connectivity index (χ3v) is 10.7. The lowest BCUT2D eigenvalue weighted by molar-refractivity contribution is 0.117. The largest absolute Gasteiger partial charge is 0.473 e. The molecular weight excluding hydrogens is 536 g/mol. The van der Waals surface area contributed by atoms with Gasteiger partial charge in [-0.3, -0.25) is 4.90 Å². The van der Waals surface area contributed by atoms with Crippen molar-refractivity contribution in [1.82, 2.24) is 25.3 Å². The van der Waals surface area contributed by atoms with Gasteiger partial charge in [0.05, 0.1) is 11.0 Å². The van der Waals surface area contributed by atoms with Gasteiger partial charge in [0, 0.05) is 48.7 Å². The van der Waals surface area contributed by atoms with Gasteiger partial charge in [0.15, 0.2) is 17.3 Å². The highest BCUT2D eigenvalue weighted by atomic mass is 32.1. The van der Waals surface area contributed by atoms with Crippen molar-refractivity contribution >= 4 is 22.2 Å². The fourth-order valence-electron chi connectivity index (χ4n) is 7.65. The minimum Gasteiger partial charge on any atom is -0.473 e. The molecule has 0 radical (unpaired) electrons. The molecule has 41 heavy (non-hydrogen) atoms. The van der Waals surface area contributed by atoms with E-state index in [0.717, 1.165) is 100 Å².